The Bertz CT molecular complexity index is 1120. The molecule has 1 unspecified atom stereocenters. The van der Waals surface area contributed by atoms with E-state index >= 15 is 0 Å². The van der Waals surface area contributed by atoms with E-state index in [0.717, 1.165) is 32.1 Å². The Morgan fingerprint density at radius 1 is 1.35 bits per heavy atom. The molecule has 3 aromatic rings. The van der Waals surface area contributed by atoms with Crippen molar-refractivity contribution < 1.29 is 9.90 Å². The molecule has 2 atom stereocenters. The molecule has 9 nitrogen and oxygen atoms in total. The highest BCUT2D eigenvalue weighted by atomic mass is 16.4. The van der Waals surface area contributed by atoms with Crippen LogP contribution in [-0.2, 0) is 0 Å². The monoisotopic (exact) mass is 419 g/mol. The van der Waals surface area contributed by atoms with Gasteiger partial charge in [0.25, 0.3) is 0 Å². The summed E-state index contributed by atoms with van der Waals surface area (Å²) >= 11 is 0. The van der Waals surface area contributed by atoms with Crippen LogP contribution in [0.3, 0.4) is 0 Å². The summed E-state index contributed by atoms with van der Waals surface area (Å²) in [5, 5.41) is 22.3. The first kappa shape index (κ1) is 20.6. The lowest BCUT2D eigenvalue weighted by atomic mass is 9.92. The standard InChI is InChI=1S/C22H25N7O2/c1-2-3-6-17-16(5-4-11-28(17)22(30)31)26-19-9-10-24-21(27-19)18-13-25-20-8-7-15(12-23)14-29(18)20/h7-10,13-14,16-17H,2-6,11H2,1H3,(H,30,31)(H,24,26,27)/t16-,17?/m0/s1. The van der Waals surface area contributed by atoms with Crippen molar-refractivity contribution in [1.82, 2.24) is 24.3 Å². The molecule has 0 spiro atoms. The van der Waals surface area contributed by atoms with Crippen LogP contribution in [0.5, 0.6) is 0 Å². The number of piperidine rings is 1. The number of unbranched alkanes of at least 4 members (excludes halogenated alkanes) is 1. The number of carbonyl (C=O) groups is 1. The molecule has 9 heteroatoms. The summed E-state index contributed by atoms with van der Waals surface area (Å²) in [5.74, 6) is 1.14. The van der Waals surface area contributed by atoms with Crippen molar-refractivity contribution >= 4 is 17.6 Å². The summed E-state index contributed by atoms with van der Waals surface area (Å²) in [6.45, 7) is 2.68. The summed E-state index contributed by atoms with van der Waals surface area (Å²) in [4.78, 5) is 26.7. The number of rotatable bonds is 6. The molecule has 1 aliphatic heterocycles. The maximum atomic E-state index is 11.8. The van der Waals surface area contributed by atoms with Gasteiger partial charge in [-0.05, 0) is 37.5 Å². The molecular formula is C22H25N7O2. The molecule has 31 heavy (non-hydrogen) atoms. The van der Waals surface area contributed by atoms with Gasteiger partial charge in [0.05, 0.1) is 17.8 Å². The van der Waals surface area contributed by atoms with Crippen molar-refractivity contribution in [3.63, 3.8) is 0 Å². The molecule has 0 saturated carbocycles. The van der Waals surface area contributed by atoms with E-state index in [2.05, 4.69) is 33.3 Å². The number of carboxylic acid groups (broad SMARTS) is 1. The van der Waals surface area contributed by atoms with Crippen molar-refractivity contribution in [1.29, 1.82) is 5.26 Å². The molecule has 4 heterocycles. The van der Waals surface area contributed by atoms with Gasteiger partial charge in [0.2, 0.25) is 0 Å². The van der Waals surface area contributed by atoms with Gasteiger partial charge in [-0.2, -0.15) is 5.26 Å². The smallest absolute Gasteiger partial charge is 0.407 e. The Morgan fingerprint density at radius 3 is 3.00 bits per heavy atom. The van der Waals surface area contributed by atoms with Crippen LogP contribution in [0.2, 0.25) is 0 Å². The molecule has 1 fully saturated rings. The van der Waals surface area contributed by atoms with Crippen molar-refractivity contribution in [3.8, 4) is 17.6 Å². The summed E-state index contributed by atoms with van der Waals surface area (Å²) in [6, 6.07) is 7.34. The number of imidazole rings is 1. The minimum atomic E-state index is -0.866. The predicted octanol–water partition coefficient (Wildman–Crippen LogP) is 3.78. The Hall–Kier alpha value is -3.67. The fourth-order valence-electron chi connectivity index (χ4n) is 4.20. The number of nitrogens with zero attached hydrogens (tertiary/aromatic N) is 6. The largest absolute Gasteiger partial charge is 0.465 e. The maximum Gasteiger partial charge on any atom is 0.407 e. The zero-order valence-corrected chi connectivity index (χ0v) is 17.4. The second-order valence-corrected chi connectivity index (χ2v) is 7.75. The van der Waals surface area contributed by atoms with Crippen molar-refractivity contribution in [2.24, 2.45) is 0 Å². The van der Waals surface area contributed by atoms with Crippen molar-refractivity contribution in [2.75, 3.05) is 11.9 Å². The second-order valence-electron chi connectivity index (χ2n) is 7.75. The second kappa shape index (κ2) is 9.00. The lowest BCUT2D eigenvalue weighted by Crippen LogP contribution is -2.53. The number of amides is 1. The molecule has 0 aliphatic carbocycles. The van der Waals surface area contributed by atoms with Crippen LogP contribution >= 0.6 is 0 Å². The summed E-state index contributed by atoms with van der Waals surface area (Å²) in [5.41, 5.74) is 1.92. The topological polar surface area (TPSA) is 119 Å². The Balaban J connectivity index is 1.61. The molecule has 1 aliphatic rings. The fraction of sp³-hybridized carbons (Fsp3) is 0.409. The lowest BCUT2D eigenvalue weighted by Gasteiger charge is -2.40. The maximum absolute atomic E-state index is 11.8. The van der Waals surface area contributed by atoms with Crippen LogP contribution in [0.1, 0.15) is 44.6 Å². The first-order valence-electron chi connectivity index (χ1n) is 10.6. The van der Waals surface area contributed by atoms with E-state index in [1.807, 2.05) is 0 Å². The fourth-order valence-corrected chi connectivity index (χ4v) is 4.20. The average Bonchev–Trinajstić information content (AvgIpc) is 3.21. The first-order chi connectivity index (χ1) is 15.1. The van der Waals surface area contributed by atoms with Gasteiger partial charge in [-0.3, -0.25) is 4.40 Å². The van der Waals surface area contributed by atoms with Crippen molar-refractivity contribution in [3.05, 3.63) is 42.4 Å². The molecule has 160 valence electrons. The lowest BCUT2D eigenvalue weighted by molar-refractivity contribution is 0.0966. The van der Waals surface area contributed by atoms with E-state index in [0.29, 0.717) is 35.1 Å². The molecule has 0 aromatic carbocycles. The third-order valence-electron chi connectivity index (χ3n) is 5.73. The number of hydrogen-bond donors (Lipinski definition) is 2. The minimum Gasteiger partial charge on any atom is -0.465 e. The van der Waals surface area contributed by atoms with Crippen LogP contribution in [0.4, 0.5) is 10.6 Å². The quantitative estimate of drug-likeness (QED) is 0.624. The van der Waals surface area contributed by atoms with E-state index in [1.165, 1.54) is 0 Å². The highest BCUT2D eigenvalue weighted by Gasteiger charge is 2.34. The van der Waals surface area contributed by atoms with Crippen LogP contribution in [0.25, 0.3) is 17.2 Å². The van der Waals surface area contributed by atoms with Crippen LogP contribution in [-0.4, -0.2) is 54.1 Å². The van der Waals surface area contributed by atoms with Gasteiger partial charge in [-0.15, -0.1) is 0 Å². The highest BCUT2D eigenvalue weighted by Crippen LogP contribution is 2.26. The summed E-state index contributed by atoms with van der Waals surface area (Å²) < 4.78 is 1.80. The zero-order valence-electron chi connectivity index (χ0n) is 17.4. The van der Waals surface area contributed by atoms with E-state index in [-0.39, 0.29) is 12.1 Å². The molecule has 1 saturated heterocycles. The molecule has 1 amide bonds. The van der Waals surface area contributed by atoms with Crippen LogP contribution in [0.15, 0.2) is 36.8 Å². The molecular weight excluding hydrogens is 394 g/mol. The van der Waals surface area contributed by atoms with E-state index < -0.39 is 6.09 Å². The van der Waals surface area contributed by atoms with Crippen LogP contribution < -0.4 is 5.32 Å². The Morgan fingerprint density at radius 2 is 2.23 bits per heavy atom. The number of anilines is 1. The average molecular weight is 419 g/mol. The van der Waals surface area contributed by atoms with E-state index in [9.17, 15) is 15.2 Å². The van der Waals surface area contributed by atoms with E-state index in [4.69, 9.17) is 0 Å². The number of pyridine rings is 1. The number of fused-ring (bicyclic) bond motifs is 1. The van der Waals surface area contributed by atoms with Gasteiger partial charge in [-0.25, -0.2) is 19.7 Å². The minimum absolute atomic E-state index is 0.00785. The molecule has 3 aromatic heterocycles. The number of aromatic nitrogens is 4. The van der Waals surface area contributed by atoms with Gasteiger partial charge < -0.3 is 15.3 Å². The van der Waals surface area contributed by atoms with Gasteiger partial charge in [0.15, 0.2) is 5.82 Å². The third-order valence-corrected chi connectivity index (χ3v) is 5.73. The third kappa shape index (κ3) is 4.28. The molecule has 0 radical (unpaired) electrons. The van der Waals surface area contributed by atoms with E-state index in [1.54, 1.807) is 46.1 Å². The van der Waals surface area contributed by atoms with Crippen molar-refractivity contribution in [2.45, 2.75) is 51.1 Å². The highest BCUT2D eigenvalue weighted by molar-refractivity contribution is 5.66. The normalized spacial score (nSPS) is 18.6. The summed E-state index contributed by atoms with van der Waals surface area (Å²) in [7, 11) is 0. The molecule has 2 N–H and O–H groups in total. The Kier molecular flexibility index (Phi) is 5.98. The first-order valence-corrected chi connectivity index (χ1v) is 10.6. The number of likely N-dealkylation sites (tertiary alicyclic amines) is 1. The van der Waals surface area contributed by atoms with Crippen LogP contribution in [0, 0.1) is 11.3 Å². The SMILES string of the molecule is CCCCC1[C@@H](Nc2ccnc(-c3cnc4ccc(C#N)cn34)n2)CCCN1C(=O)O. The van der Waals surface area contributed by atoms with Gasteiger partial charge >= 0.3 is 6.09 Å². The van der Waals surface area contributed by atoms with Gasteiger partial charge in [-0.1, -0.05) is 19.8 Å². The predicted molar refractivity (Wildman–Crippen MR) is 116 cm³/mol. The van der Waals surface area contributed by atoms with Gasteiger partial charge in [0, 0.05) is 25.0 Å². The zero-order chi connectivity index (χ0) is 21.8. The molecule has 4 rings (SSSR count). The van der Waals surface area contributed by atoms with Gasteiger partial charge in [0.1, 0.15) is 23.2 Å². The summed E-state index contributed by atoms with van der Waals surface area (Å²) in [6.07, 6.45) is 8.74. The molecule has 0 bridgehead atoms. The number of nitriles is 1. The number of hydrogen-bond acceptors (Lipinski definition) is 6. The Labute approximate surface area is 180 Å². The number of nitrogens with one attached hydrogen (secondary N) is 1.